The maximum atomic E-state index is 10.2. The molecule has 0 heterocycles. The molecule has 3 aromatic rings. The Morgan fingerprint density at radius 1 is 0.897 bits per heavy atom. The van der Waals surface area contributed by atoms with Gasteiger partial charge >= 0.3 is 0 Å². The van der Waals surface area contributed by atoms with Crippen molar-refractivity contribution in [3.63, 3.8) is 0 Å². The van der Waals surface area contributed by atoms with Crippen molar-refractivity contribution in [2.75, 3.05) is 17.7 Å². The number of ether oxygens (including phenoxy) is 2. The molecule has 3 aromatic carbocycles. The maximum Gasteiger partial charge on any atom is 0.175 e. The first-order chi connectivity index (χ1) is 13.9. The summed E-state index contributed by atoms with van der Waals surface area (Å²) in [5.74, 6) is 1.06. The van der Waals surface area contributed by atoms with Gasteiger partial charge in [0, 0.05) is 22.8 Å². The number of methoxy groups -OCH3 is 1. The zero-order valence-electron chi connectivity index (χ0n) is 15.0. The van der Waals surface area contributed by atoms with E-state index in [1.165, 1.54) is 12.1 Å². The van der Waals surface area contributed by atoms with Crippen LogP contribution in [0.5, 0.6) is 23.0 Å². The monoisotopic (exact) mass is 468 g/mol. The van der Waals surface area contributed by atoms with Crippen LogP contribution >= 0.6 is 47.0 Å². The molecule has 0 unspecified atom stereocenters. The Morgan fingerprint density at radius 3 is 2.28 bits per heavy atom. The van der Waals surface area contributed by atoms with Gasteiger partial charge in [0.15, 0.2) is 16.6 Å². The summed E-state index contributed by atoms with van der Waals surface area (Å²) in [4.78, 5) is 0. The standard InChI is InChI=1S/C20H15Cl3N2O3S/c1-27-13-5-3-12(4-6-13)24-20(29)25-16-10-19(17(26)9-14(16)22)28-18-7-2-11(21)8-15(18)23/h2-10,26H,1H3,(H2,24,25,29). The maximum absolute atomic E-state index is 10.2. The molecular formula is C20H15Cl3N2O3S. The number of rotatable bonds is 5. The van der Waals surface area contributed by atoms with Crippen LogP contribution in [0.4, 0.5) is 11.4 Å². The molecule has 3 N–H and O–H groups in total. The molecule has 0 aliphatic rings. The van der Waals surface area contributed by atoms with Crippen molar-refractivity contribution in [2.24, 2.45) is 0 Å². The zero-order chi connectivity index (χ0) is 21.0. The smallest absolute Gasteiger partial charge is 0.175 e. The third-order valence-electron chi connectivity index (χ3n) is 3.76. The predicted molar refractivity (Wildman–Crippen MR) is 122 cm³/mol. The van der Waals surface area contributed by atoms with Crippen molar-refractivity contribution in [3.8, 4) is 23.0 Å². The van der Waals surface area contributed by atoms with Crippen LogP contribution in [0.15, 0.2) is 54.6 Å². The molecular weight excluding hydrogens is 455 g/mol. The number of nitrogens with one attached hydrogen (secondary N) is 2. The molecule has 0 aliphatic carbocycles. The zero-order valence-corrected chi connectivity index (χ0v) is 18.1. The number of hydrogen-bond acceptors (Lipinski definition) is 4. The number of aromatic hydroxyl groups is 1. The molecule has 9 heteroatoms. The lowest BCUT2D eigenvalue weighted by atomic mass is 10.2. The summed E-state index contributed by atoms with van der Waals surface area (Å²) in [5.41, 5.74) is 1.21. The minimum Gasteiger partial charge on any atom is -0.504 e. The molecule has 5 nitrogen and oxygen atoms in total. The van der Waals surface area contributed by atoms with Gasteiger partial charge < -0.3 is 25.2 Å². The summed E-state index contributed by atoms with van der Waals surface area (Å²) in [6.45, 7) is 0. The number of halogens is 3. The Hall–Kier alpha value is -2.38. The van der Waals surface area contributed by atoms with Crippen LogP contribution in [0, 0.1) is 0 Å². The summed E-state index contributed by atoms with van der Waals surface area (Å²) < 4.78 is 10.8. The van der Waals surface area contributed by atoms with Crippen molar-refractivity contribution in [1.29, 1.82) is 0 Å². The molecule has 29 heavy (non-hydrogen) atoms. The van der Waals surface area contributed by atoms with Crippen molar-refractivity contribution in [3.05, 3.63) is 69.7 Å². The molecule has 0 fully saturated rings. The van der Waals surface area contributed by atoms with E-state index < -0.39 is 0 Å². The topological polar surface area (TPSA) is 62.8 Å². The fourth-order valence-electron chi connectivity index (χ4n) is 2.36. The average molecular weight is 470 g/mol. The second-order valence-corrected chi connectivity index (χ2v) is 7.44. The van der Waals surface area contributed by atoms with Crippen LogP contribution in [0.1, 0.15) is 0 Å². The quantitative estimate of drug-likeness (QED) is 0.277. The van der Waals surface area contributed by atoms with Crippen LogP contribution in [-0.2, 0) is 0 Å². The SMILES string of the molecule is COc1ccc(NC(=S)Nc2cc(Oc3ccc(Cl)cc3Cl)c(O)cc2Cl)cc1. The fourth-order valence-corrected chi connectivity index (χ4v) is 3.24. The summed E-state index contributed by atoms with van der Waals surface area (Å²) in [6, 6.07) is 14.9. The van der Waals surface area contributed by atoms with E-state index in [0.717, 1.165) is 11.4 Å². The minimum atomic E-state index is -0.152. The first kappa shape index (κ1) is 21.3. The fraction of sp³-hybridized carbons (Fsp3) is 0.0500. The van der Waals surface area contributed by atoms with Crippen molar-refractivity contribution in [2.45, 2.75) is 0 Å². The lowest BCUT2D eigenvalue weighted by Crippen LogP contribution is -2.19. The van der Waals surface area contributed by atoms with Gasteiger partial charge in [-0.05, 0) is 54.7 Å². The third-order valence-corrected chi connectivity index (χ3v) is 4.81. The molecule has 0 aromatic heterocycles. The second-order valence-electron chi connectivity index (χ2n) is 5.78. The molecule has 150 valence electrons. The highest BCUT2D eigenvalue weighted by atomic mass is 35.5. The summed E-state index contributed by atoms with van der Waals surface area (Å²) in [7, 11) is 1.60. The van der Waals surface area contributed by atoms with E-state index in [2.05, 4.69) is 10.6 Å². The van der Waals surface area contributed by atoms with Crippen LogP contribution in [0.3, 0.4) is 0 Å². The molecule has 0 amide bonds. The van der Waals surface area contributed by atoms with E-state index in [1.54, 1.807) is 37.4 Å². The Labute approximate surface area is 188 Å². The third kappa shape index (κ3) is 5.58. The van der Waals surface area contributed by atoms with E-state index in [4.69, 9.17) is 56.5 Å². The lowest BCUT2D eigenvalue weighted by Gasteiger charge is -2.15. The molecule has 0 bridgehead atoms. The molecule has 0 atom stereocenters. The number of benzene rings is 3. The number of phenols is 1. The summed E-state index contributed by atoms with van der Waals surface area (Å²) in [5, 5.41) is 17.5. The van der Waals surface area contributed by atoms with Gasteiger partial charge in [0.05, 0.1) is 22.8 Å². The molecule has 3 rings (SSSR count). The first-order valence-electron chi connectivity index (χ1n) is 8.23. The van der Waals surface area contributed by atoms with Crippen LogP contribution in [0.25, 0.3) is 0 Å². The Bertz CT molecular complexity index is 1050. The molecule has 0 saturated heterocycles. The van der Waals surface area contributed by atoms with Crippen molar-refractivity contribution < 1.29 is 14.6 Å². The van der Waals surface area contributed by atoms with Crippen molar-refractivity contribution in [1.82, 2.24) is 0 Å². The highest BCUT2D eigenvalue weighted by Crippen LogP contribution is 2.40. The highest BCUT2D eigenvalue weighted by Gasteiger charge is 2.13. The van der Waals surface area contributed by atoms with Gasteiger partial charge in [-0.1, -0.05) is 34.8 Å². The normalized spacial score (nSPS) is 10.3. The first-order valence-corrected chi connectivity index (χ1v) is 9.77. The van der Waals surface area contributed by atoms with Gasteiger partial charge in [0.1, 0.15) is 11.5 Å². The second kappa shape index (κ2) is 9.41. The van der Waals surface area contributed by atoms with E-state index in [-0.39, 0.29) is 16.5 Å². The molecule has 0 saturated carbocycles. The number of thiocarbonyl (C=S) groups is 1. The Morgan fingerprint density at radius 2 is 1.62 bits per heavy atom. The van der Waals surface area contributed by atoms with Gasteiger partial charge in [-0.25, -0.2) is 0 Å². The van der Waals surface area contributed by atoms with E-state index >= 15 is 0 Å². The van der Waals surface area contributed by atoms with Gasteiger partial charge in [-0.15, -0.1) is 0 Å². The van der Waals surface area contributed by atoms with Gasteiger partial charge in [0.25, 0.3) is 0 Å². The van der Waals surface area contributed by atoms with E-state index in [9.17, 15) is 5.11 Å². The predicted octanol–water partition coefficient (Wildman–Crippen LogP) is 6.96. The van der Waals surface area contributed by atoms with Gasteiger partial charge in [-0.3, -0.25) is 0 Å². The number of anilines is 2. The minimum absolute atomic E-state index is 0.147. The largest absolute Gasteiger partial charge is 0.504 e. The van der Waals surface area contributed by atoms with Gasteiger partial charge in [0.2, 0.25) is 0 Å². The Kier molecular flexibility index (Phi) is 6.92. The average Bonchev–Trinajstić information content (AvgIpc) is 2.68. The summed E-state index contributed by atoms with van der Waals surface area (Å²) in [6.07, 6.45) is 0. The number of phenolic OH excluding ortho intramolecular Hbond substituents is 1. The van der Waals surface area contributed by atoms with E-state index in [0.29, 0.717) is 26.6 Å². The molecule has 0 radical (unpaired) electrons. The van der Waals surface area contributed by atoms with Gasteiger partial charge in [-0.2, -0.15) is 0 Å². The van der Waals surface area contributed by atoms with Crippen molar-refractivity contribution >= 4 is 63.5 Å². The Balaban J connectivity index is 1.76. The van der Waals surface area contributed by atoms with Crippen LogP contribution < -0.4 is 20.1 Å². The van der Waals surface area contributed by atoms with E-state index in [1.807, 2.05) is 12.1 Å². The van der Waals surface area contributed by atoms with Crippen LogP contribution in [0.2, 0.25) is 15.1 Å². The summed E-state index contributed by atoms with van der Waals surface area (Å²) >= 11 is 23.6. The lowest BCUT2D eigenvalue weighted by molar-refractivity contribution is 0.412. The van der Waals surface area contributed by atoms with Crippen LogP contribution in [-0.4, -0.2) is 17.3 Å². The molecule has 0 spiro atoms. The molecule has 0 aliphatic heterocycles. The number of hydrogen-bond donors (Lipinski definition) is 3. The highest BCUT2D eigenvalue weighted by molar-refractivity contribution is 7.80.